The van der Waals surface area contributed by atoms with Gasteiger partial charge in [0.15, 0.2) is 5.79 Å². The van der Waals surface area contributed by atoms with E-state index in [1.165, 1.54) is 13.5 Å². The van der Waals surface area contributed by atoms with E-state index in [0.29, 0.717) is 6.42 Å². The van der Waals surface area contributed by atoms with Gasteiger partial charge in [0.25, 0.3) is 0 Å². The molecule has 0 radical (unpaired) electrons. The maximum atomic E-state index is 11.8. The van der Waals surface area contributed by atoms with Crippen molar-refractivity contribution in [2.75, 3.05) is 7.11 Å². The summed E-state index contributed by atoms with van der Waals surface area (Å²) in [5.74, 6) is -0.644. The van der Waals surface area contributed by atoms with Crippen molar-refractivity contribution in [3.05, 3.63) is 11.6 Å². The van der Waals surface area contributed by atoms with E-state index in [9.17, 15) is 4.79 Å². The lowest BCUT2D eigenvalue weighted by atomic mass is 9.75. The van der Waals surface area contributed by atoms with Crippen molar-refractivity contribution in [2.45, 2.75) is 70.4 Å². The fourth-order valence-electron chi connectivity index (χ4n) is 3.86. The van der Waals surface area contributed by atoms with E-state index in [2.05, 4.69) is 13.8 Å². The predicted molar refractivity (Wildman–Crippen MR) is 74.1 cm³/mol. The molecule has 0 bridgehead atoms. The molecule has 2 unspecified atom stereocenters. The highest BCUT2D eigenvalue weighted by Crippen LogP contribution is 2.49. The molecule has 0 aromatic rings. The van der Waals surface area contributed by atoms with E-state index >= 15 is 0 Å². The van der Waals surface area contributed by atoms with E-state index in [1.807, 2.05) is 6.08 Å². The fourth-order valence-corrected chi connectivity index (χ4v) is 3.86. The Morgan fingerprint density at radius 2 is 1.95 bits per heavy atom. The third-order valence-electron chi connectivity index (χ3n) is 4.81. The summed E-state index contributed by atoms with van der Waals surface area (Å²) in [5, 5.41) is 0. The first-order chi connectivity index (χ1) is 9.46. The first kappa shape index (κ1) is 14.1. The van der Waals surface area contributed by atoms with Crippen molar-refractivity contribution in [3.8, 4) is 0 Å². The van der Waals surface area contributed by atoms with E-state index in [0.717, 1.165) is 31.3 Å². The number of methoxy groups -OCH3 is 1. The van der Waals surface area contributed by atoms with Gasteiger partial charge in [0, 0.05) is 30.3 Å². The number of rotatable bonds is 1. The number of ether oxygens (including phenoxy) is 3. The Morgan fingerprint density at radius 3 is 2.60 bits per heavy atom. The quantitative estimate of drug-likeness (QED) is 0.693. The van der Waals surface area contributed by atoms with Crippen LogP contribution in [0, 0.1) is 5.41 Å². The SMILES string of the molecule is COC(=O)C1=CC(C)(C)C2OC3(CCCCC3)OC2C1. The molecule has 2 fully saturated rings. The molecule has 2 atom stereocenters. The van der Waals surface area contributed by atoms with Crippen LogP contribution in [0.15, 0.2) is 11.6 Å². The summed E-state index contributed by atoms with van der Waals surface area (Å²) in [6.07, 6.45) is 8.16. The first-order valence-electron chi connectivity index (χ1n) is 7.61. The van der Waals surface area contributed by atoms with Crippen LogP contribution < -0.4 is 0 Å². The molecule has 0 aromatic heterocycles. The molecule has 0 amide bonds. The molecular weight excluding hydrogens is 256 g/mol. The third-order valence-corrected chi connectivity index (χ3v) is 4.81. The molecule has 1 aliphatic heterocycles. The minimum Gasteiger partial charge on any atom is -0.466 e. The van der Waals surface area contributed by atoms with Crippen LogP contribution in [-0.4, -0.2) is 31.1 Å². The molecule has 0 N–H and O–H groups in total. The number of hydrogen-bond acceptors (Lipinski definition) is 4. The highest BCUT2D eigenvalue weighted by Gasteiger charge is 2.54. The van der Waals surface area contributed by atoms with E-state index in [1.54, 1.807) is 0 Å². The molecule has 1 saturated carbocycles. The molecule has 3 rings (SSSR count). The van der Waals surface area contributed by atoms with Gasteiger partial charge < -0.3 is 14.2 Å². The van der Waals surface area contributed by atoms with Gasteiger partial charge in [0.05, 0.1) is 19.3 Å². The zero-order valence-electron chi connectivity index (χ0n) is 12.6. The minimum absolute atomic E-state index is 0.0257. The molecule has 0 aromatic carbocycles. The number of carbonyl (C=O) groups is 1. The third kappa shape index (κ3) is 2.29. The average Bonchev–Trinajstić information content (AvgIpc) is 2.77. The normalized spacial score (nSPS) is 34.5. The van der Waals surface area contributed by atoms with E-state index in [-0.39, 0.29) is 23.6 Å². The van der Waals surface area contributed by atoms with Gasteiger partial charge in [-0.05, 0) is 12.8 Å². The Kier molecular flexibility index (Phi) is 3.41. The summed E-state index contributed by atoms with van der Waals surface area (Å²) in [6.45, 7) is 4.22. The van der Waals surface area contributed by atoms with Crippen LogP contribution in [0.25, 0.3) is 0 Å². The van der Waals surface area contributed by atoms with Gasteiger partial charge >= 0.3 is 5.97 Å². The molecule has 4 heteroatoms. The highest BCUT2D eigenvalue weighted by molar-refractivity contribution is 5.88. The van der Waals surface area contributed by atoms with Crippen LogP contribution in [0.5, 0.6) is 0 Å². The average molecular weight is 280 g/mol. The topological polar surface area (TPSA) is 44.8 Å². The van der Waals surface area contributed by atoms with Gasteiger partial charge in [-0.3, -0.25) is 0 Å². The first-order valence-corrected chi connectivity index (χ1v) is 7.61. The lowest BCUT2D eigenvalue weighted by Gasteiger charge is -2.36. The summed E-state index contributed by atoms with van der Waals surface area (Å²) in [6, 6.07) is 0. The molecule has 1 spiro atoms. The Morgan fingerprint density at radius 1 is 1.25 bits per heavy atom. The summed E-state index contributed by atoms with van der Waals surface area (Å²) >= 11 is 0. The predicted octanol–water partition coefficient (Wildman–Crippen LogP) is 2.96. The van der Waals surface area contributed by atoms with Gasteiger partial charge in [0.2, 0.25) is 0 Å². The second-order valence-corrected chi connectivity index (χ2v) is 6.85. The number of hydrogen-bond donors (Lipinski definition) is 0. The summed E-state index contributed by atoms with van der Waals surface area (Å²) in [5.41, 5.74) is 0.517. The van der Waals surface area contributed by atoms with Crippen LogP contribution in [0.4, 0.5) is 0 Å². The van der Waals surface area contributed by atoms with Crippen molar-refractivity contribution in [2.24, 2.45) is 5.41 Å². The summed E-state index contributed by atoms with van der Waals surface area (Å²) < 4.78 is 17.5. The molecular formula is C16H24O4. The van der Waals surface area contributed by atoms with Crippen molar-refractivity contribution in [3.63, 3.8) is 0 Å². The largest absolute Gasteiger partial charge is 0.466 e. The number of fused-ring (bicyclic) bond motifs is 1. The zero-order valence-corrected chi connectivity index (χ0v) is 12.6. The van der Waals surface area contributed by atoms with Crippen molar-refractivity contribution in [1.82, 2.24) is 0 Å². The van der Waals surface area contributed by atoms with Crippen LogP contribution in [0.1, 0.15) is 52.4 Å². The van der Waals surface area contributed by atoms with Gasteiger partial charge in [-0.25, -0.2) is 4.79 Å². The van der Waals surface area contributed by atoms with Crippen molar-refractivity contribution in [1.29, 1.82) is 0 Å². The van der Waals surface area contributed by atoms with Crippen LogP contribution in [0.3, 0.4) is 0 Å². The Balaban J connectivity index is 1.83. The van der Waals surface area contributed by atoms with Gasteiger partial charge in [0.1, 0.15) is 0 Å². The Hall–Kier alpha value is -0.870. The zero-order chi connectivity index (χ0) is 14.4. The summed E-state index contributed by atoms with van der Waals surface area (Å²) in [4.78, 5) is 11.8. The van der Waals surface area contributed by atoms with Gasteiger partial charge in [-0.1, -0.05) is 26.3 Å². The summed E-state index contributed by atoms with van der Waals surface area (Å²) in [7, 11) is 1.43. The molecule has 1 heterocycles. The molecule has 4 nitrogen and oxygen atoms in total. The lowest BCUT2D eigenvalue weighted by Crippen LogP contribution is -2.41. The second kappa shape index (κ2) is 4.85. The molecule has 3 aliphatic rings. The lowest BCUT2D eigenvalue weighted by molar-refractivity contribution is -0.198. The number of carbonyl (C=O) groups excluding carboxylic acids is 1. The van der Waals surface area contributed by atoms with Crippen molar-refractivity contribution >= 4 is 5.97 Å². The second-order valence-electron chi connectivity index (χ2n) is 6.85. The maximum Gasteiger partial charge on any atom is 0.333 e. The van der Waals surface area contributed by atoms with E-state index in [4.69, 9.17) is 14.2 Å². The molecule has 20 heavy (non-hydrogen) atoms. The molecule has 112 valence electrons. The molecule has 1 saturated heterocycles. The number of esters is 1. The fraction of sp³-hybridized carbons (Fsp3) is 0.812. The van der Waals surface area contributed by atoms with Gasteiger partial charge in [-0.2, -0.15) is 0 Å². The standard InChI is InChI=1S/C16H24O4/c1-15(2)10-11(14(17)18-3)9-12-13(15)20-16(19-12)7-5-4-6-8-16/h10,12-13H,4-9H2,1-3H3. The molecule has 2 aliphatic carbocycles. The minimum atomic E-state index is -0.399. The highest BCUT2D eigenvalue weighted by atomic mass is 16.8. The smallest absolute Gasteiger partial charge is 0.333 e. The Bertz CT molecular complexity index is 432. The van der Waals surface area contributed by atoms with Gasteiger partial charge in [-0.15, -0.1) is 0 Å². The van der Waals surface area contributed by atoms with Crippen LogP contribution in [0.2, 0.25) is 0 Å². The monoisotopic (exact) mass is 280 g/mol. The van der Waals surface area contributed by atoms with Crippen LogP contribution in [-0.2, 0) is 19.0 Å². The van der Waals surface area contributed by atoms with Crippen molar-refractivity contribution < 1.29 is 19.0 Å². The van der Waals surface area contributed by atoms with Crippen LogP contribution >= 0.6 is 0 Å². The maximum absolute atomic E-state index is 11.8. The van der Waals surface area contributed by atoms with E-state index < -0.39 is 5.79 Å². The Labute approximate surface area is 120 Å².